The molecule has 1 aromatic carbocycles. The summed E-state index contributed by atoms with van der Waals surface area (Å²) in [7, 11) is 0. The Morgan fingerprint density at radius 2 is 1.94 bits per heavy atom. The lowest BCUT2D eigenvalue weighted by Crippen LogP contribution is -2.34. The van der Waals surface area contributed by atoms with Crippen LogP contribution < -0.4 is 10.1 Å². The van der Waals surface area contributed by atoms with E-state index >= 15 is 0 Å². The van der Waals surface area contributed by atoms with Gasteiger partial charge in [0.05, 0.1) is 0 Å². The van der Waals surface area contributed by atoms with E-state index in [4.69, 9.17) is 4.74 Å². The quantitative estimate of drug-likeness (QED) is 0.807. The number of halogens is 2. The molecule has 1 aromatic rings. The number of rotatable bonds is 7. The van der Waals surface area contributed by atoms with Crippen LogP contribution >= 0.6 is 0 Å². The highest BCUT2D eigenvalue weighted by Gasteiger charge is 2.08. The van der Waals surface area contributed by atoms with Crippen molar-refractivity contribution in [2.24, 2.45) is 0 Å². The minimum Gasteiger partial charge on any atom is -0.489 e. The van der Waals surface area contributed by atoms with E-state index in [0.29, 0.717) is 18.3 Å². The van der Waals surface area contributed by atoms with Gasteiger partial charge < -0.3 is 10.1 Å². The van der Waals surface area contributed by atoms with Gasteiger partial charge in [-0.15, -0.1) is 0 Å². The molecule has 0 aliphatic carbocycles. The summed E-state index contributed by atoms with van der Waals surface area (Å²) in [6, 6.07) is 4.02. The topological polar surface area (TPSA) is 21.3 Å². The van der Waals surface area contributed by atoms with Crippen LogP contribution in [0, 0.1) is 11.6 Å². The summed E-state index contributed by atoms with van der Waals surface area (Å²) in [6.07, 6.45) is 2.15. The van der Waals surface area contributed by atoms with E-state index in [1.165, 1.54) is 6.07 Å². The molecular weight excluding hydrogens is 236 g/mol. The van der Waals surface area contributed by atoms with Crippen LogP contribution in [0.5, 0.6) is 5.75 Å². The maximum Gasteiger partial charge on any atom is 0.162 e. The molecule has 2 nitrogen and oxygen atoms in total. The predicted octanol–water partition coefficient (Wildman–Crippen LogP) is 3.51. The Labute approximate surface area is 107 Å². The molecule has 0 fully saturated rings. The fraction of sp³-hybridized carbons (Fsp3) is 0.571. The van der Waals surface area contributed by atoms with Gasteiger partial charge in [0.2, 0.25) is 0 Å². The van der Waals surface area contributed by atoms with Gasteiger partial charge in [0.15, 0.2) is 11.6 Å². The Hall–Kier alpha value is -1.16. The highest BCUT2D eigenvalue weighted by Crippen LogP contribution is 2.16. The summed E-state index contributed by atoms with van der Waals surface area (Å²) in [4.78, 5) is 0. The van der Waals surface area contributed by atoms with E-state index in [1.54, 1.807) is 0 Å². The standard InChI is InChI=1S/C14H21F2NO/c1-4-5-10(2)17-9-11(3)18-12-6-7-13(15)14(16)8-12/h6-8,10-11,17H,4-5,9H2,1-3H3. The maximum absolute atomic E-state index is 13.0. The summed E-state index contributed by atoms with van der Waals surface area (Å²) < 4.78 is 31.2. The highest BCUT2D eigenvalue weighted by atomic mass is 19.2. The smallest absolute Gasteiger partial charge is 0.162 e. The molecule has 0 spiro atoms. The first-order chi connectivity index (χ1) is 8.52. The molecule has 0 bridgehead atoms. The van der Waals surface area contributed by atoms with E-state index in [0.717, 1.165) is 25.0 Å². The van der Waals surface area contributed by atoms with Crippen LogP contribution in [-0.2, 0) is 0 Å². The van der Waals surface area contributed by atoms with Crippen molar-refractivity contribution in [3.05, 3.63) is 29.8 Å². The predicted molar refractivity (Wildman–Crippen MR) is 68.8 cm³/mol. The van der Waals surface area contributed by atoms with Gasteiger partial charge in [0.25, 0.3) is 0 Å². The maximum atomic E-state index is 13.0. The monoisotopic (exact) mass is 257 g/mol. The van der Waals surface area contributed by atoms with Crippen LogP contribution in [-0.4, -0.2) is 18.7 Å². The van der Waals surface area contributed by atoms with Crippen LogP contribution in [0.2, 0.25) is 0 Å². The van der Waals surface area contributed by atoms with Crippen molar-refractivity contribution in [1.29, 1.82) is 0 Å². The summed E-state index contributed by atoms with van der Waals surface area (Å²) in [5.41, 5.74) is 0. The molecule has 2 unspecified atom stereocenters. The van der Waals surface area contributed by atoms with E-state index < -0.39 is 11.6 Å². The molecule has 0 aliphatic heterocycles. The van der Waals surface area contributed by atoms with Gasteiger partial charge >= 0.3 is 0 Å². The molecule has 0 saturated heterocycles. The second kappa shape index (κ2) is 7.31. The minimum absolute atomic E-state index is 0.0887. The molecule has 0 aliphatic rings. The van der Waals surface area contributed by atoms with Crippen molar-refractivity contribution in [3.63, 3.8) is 0 Å². The van der Waals surface area contributed by atoms with Crippen LogP contribution in [0.4, 0.5) is 8.78 Å². The minimum atomic E-state index is -0.882. The summed E-state index contributed by atoms with van der Waals surface area (Å²) in [5.74, 6) is -1.39. The molecule has 0 amide bonds. The van der Waals surface area contributed by atoms with Crippen molar-refractivity contribution in [2.45, 2.75) is 45.8 Å². The van der Waals surface area contributed by atoms with Gasteiger partial charge in [0.1, 0.15) is 11.9 Å². The largest absolute Gasteiger partial charge is 0.489 e. The zero-order valence-corrected chi connectivity index (χ0v) is 11.2. The Morgan fingerprint density at radius 1 is 1.22 bits per heavy atom. The fourth-order valence-corrected chi connectivity index (χ4v) is 1.73. The summed E-state index contributed by atoms with van der Waals surface area (Å²) in [6.45, 7) is 6.83. The normalized spacial score (nSPS) is 14.3. The third kappa shape index (κ3) is 5.00. The molecule has 1 N–H and O–H groups in total. The second-order valence-electron chi connectivity index (χ2n) is 4.60. The number of ether oxygens (including phenoxy) is 1. The summed E-state index contributed by atoms with van der Waals surface area (Å²) >= 11 is 0. The Balaban J connectivity index is 2.39. The zero-order valence-electron chi connectivity index (χ0n) is 11.2. The van der Waals surface area contributed by atoms with Gasteiger partial charge in [0, 0.05) is 18.7 Å². The lowest BCUT2D eigenvalue weighted by atomic mass is 10.2. The van der Waals surface area contributed by atoms with Crippen LogP contribution in [0.15, 0.2) is 18.2 Å². The molecule has 1 rings (SSSR count). The van der Waals surface area contributed by atoms with E-state index in [-0.39, 0.29) is 6.10 Å². The first kappa shape index (κ1) is 14.9. The van der Waals surface area contributed by atoms with Crippen molar-refractivity contribution >= 4 is 0 Å². The van der Waals surface area contributed by atoms with E-state index in [2.05, 4.69) is 19.2 Å². The number of benzene rings is 1. The Morgan fingerprint density at radius 3 is 2.56 bits per heavy atom. The van der Waals surface area contributed by atoms with Crippen LogP contribution in [0.1, 0.15) is 33.6 Å². The first-order valence-corrected chi connectivity index (χ1v) is 6.38. The molecule has 18 heavy (non-hydrogen) atoms. The molecule has 0 radical (unpaired) electrons. The third-order valence-electron chi connectivity index (χ3n) is 2.70. The van der Waals surface area contributed by atoms with Crippen molar-refractivity contribution in [2.75, 3.05) is 6.54 Å². The molecule has 2 atom stereocenters. The van der Waals surface area contributed by atoms with Gasteiger partial charge in [-0.2, -0.15) is 0 Å². The number of hydrogen-bond donors (Lipinski definition) is 1. The Bertz CT molecular complexity index is 371. The van der Waals surface area contributed by atoms with Gasteiger partial charge in [-0.1, -0.05) is 13.3 Å². The average Bonchev–Trinajstić information content (AvgIpc) is 2.32. The molecule has 0 aromatic heterocycles. The lowest BCUT2D eigenvalue weighted by molar-refractivity contribution is 0.210. The van der Waals surface area contributed by atoms with E-state index in [9.17, 15) is 8.78 Å². The van der Waals surface area contributed by atoms with Crippen molar-refractivity contribution < 1.29 is 13.5 Å². The fourth-order valence-electron chi connectivity index (χ4n) is 1.73. The lowest BCUT2D eigenvalue weighted by Gasteiger charge is -2.18. The summed E-state index contributed by atoms with van der Waals surface area (Å²) in [5, 5.41) is 3.34. The zero-order chi connectivity index (χ0) is 13.5. The van der Waals surface area contributed by atoms with Gasteiger partial charge in [-0.3, -0.25) is 0 Å². The van der Waals surface area contributed by atoms with Crippen molar-refractivity contribution in [1.82, 2.24) is 5.32 Å². The van der Waals surface area contributed by atoms with E-state index in [1.807, 2.05) is 6.92 Å². The highest BCUT2D eigenvalue weighted by molar-refractivity contribution is 5.23. The van der Waals surface area contributed by atoms with Gasteiger partial charge in [-0.25, -0.2) is 8.78 Å². The SMILES string of the molecule is CCCC(C)NCC(C)Oc1ccc(F)c(F)c1. The third-order valence-corrected chi connectivity index (χ3v) is 2.70. The van der Waals surface area contributed by atoms with Crippen molar-refractivity contribution in [3.8, 4) is 5.75 Å². The van der Waals surface area contributed by atoms with Gasteiger partial charge in [-0.05, 0) is 32.4 Å². The van der Waals surface area contributed by atoms with Crippen LogP contribution in [0.3, 0.4) is 0 Å². The Kier molecular flexibility index (Phi) is 6.05. The number of hydrogen-bond acceptors (Lipinski definition) is 2. The molecule has 0 saturated carbocycles. The first-order valence-electron chi connectivity index (χ1n) is 6.38. The number of nitrogens with one attached hydrogen (secondary N) is 1. The molecule has 0 heterocycles. The van der Waals surface area contributed by atoms with Crippen LogP contribution in [0.25, 0.3) is 0 Å². The molecular formula is C14H21F2NO. The molecule has 4 heteroatoms. The average molecular weight is 257 g/mol. The molecule has 102 valence electrons. The second-order valence-corrected chi connectivity index (χ2v) is 4.60.